The Morgan fingerprint density at radius 3 is 2.75 bits per heavy atom. The average Bonchev–Trinajstić information content (AvgIpc) is 3.28. The standard InChI is InChI=1S/C24H28F3N7O2/c1-32-12-13-35-19-18(32)21(33-11-3-6-23(15-33)7-9-28-10-8-23)31-34-20(29-30-22(19)34)16-4-2-5-17(14-16)36-24(25,26)27/h2,4-5,14,28H,3,6-13,15H2,1H3. The van der Waals surface area contributed by atoms with Crippen molar-refractivity contribution in [3.8, 4) is 22.9 Å². The van der Waals surface area contributed by atoms with Crippen LogP contribution in [0.1, 0.15) is 25.7 Å². The summed E-state index contributed by atoms with van der Waals surface area (Å²) in [7, 11) is 2.02. The molecule has 3 aliphatic heterocycles. The number of nitrogens with one attached hydrogen (secondary N) is 1. The molecule has 0 unspecified atom stereocenters. The van der Waals surface area contributed by atoms with Crippen LogP contribution in [-0.2, 0) is 0 Å². The highest BCUT2D eigenvalue weighted by atomic mass is 19.4. The number of rotatable bonds is 3. The van der Waals surface area contributed by atoms with Crippen LogP contribution in [0.25, 0.3) is 17.0 Å². The first-order valence-corrected chi connectivity index (χ1v) is 12.3. The van der Waals surface area contributed by atoms with Gasteiger partial charge in [0.15, 0.2) is 17.4 Å². The number of benzene rings is 1. The molecule has 0 amide bonds. The van der Waals surface area contributed by atoms with Crippen molar-refractivity contribution >= 4 is 17.2 Å². The summed E-state index contributed by atoms with van der Waals surface area (Å²) in [6, 6.07) is 5.71. The molecular weight excluding hydrogens is 475 g/mol. The first-order valence-electron chi connectivity index (χ1n) is 12.3. The molecule has 5 heterocycles. The van der Waals surface area contributed by atoms with Crippen LogP contribution in [0.5, 0.6) is 11.5 Å². The lowest BCUT2D eigenvalue weighted by molar-refractivity contribution is -0.274. The van der Waals surface area contributed by atoms with Crippen LogP contribution in [-0.4, -0.2) is 72.6 Å². The molecule has 1 N–H and O–H groups in total. The zero-order valence-corrected chi connectivity index (χ0v) is 20.0. The second kappa shape index (κ2) is 8.68. The van der Waals surface area contributed by atoms with Crippen molar-refractivity contribution in [1.82, 2.24) is 25.1 Å². The fraction of sp³-hybridized carbons (Fsp3) is 0.542. The topological polar surface area (TPSA) is 80.1 Å². The molecule has 2 aromatic heterocycles. The van der Waals surface area contributed by atoms with E-state index < -0.39 is 6.36 Å². The summed E-state index contributed by atoms with van der Waals surface area (Å²) in [6.45, 7) is 5.04. The number of likely N-dealkylation sites (N-methyl/N-ethyl adjacent to an activating group) is 1. The highest BCUT2D eigenvalue weighted by Crippen LogP contribution is 2.45. The Bertz CT molecular complexity index is 1270. The molecule has 9 nitrogen and oxygen atoms in total. The Morgan fingerprint density at radius 1 is 1.11 bits per heavy atom. The normalized spacial score (nSPS) is 19.9. The number of aromatic nitrogens is 4. The summed E-state index contributed by atoms with van der Waals surface area (Å²) in [4.78, 5) is 4.47. The maximum absolute atomic E-state index is 12.8. The Labute approximate surface area is 206 Å². The van der Waals surface area contributed by atoms with E-state index in [-0.39, 0.29) is 11.2 Å². The van der Waals surface area contributed by atoms with Gasteiger partial charge in [-0.05, 0) is 56.3 Å². The van der Waals surface area contributed by atoms with Gasteiger partial charge in [-0.1, -0.05) is 12.1 Å². The van der Waals surface area contributed by atoms with Gasteiger partial charge < -0.3 is 24.6 Å². The first kappa shape index (κ1) is 23.1. The van der Waals surface area contributed by atoms with Gasteiger partial charge in [-0.15, -0.1) is 28.5 Å². The number of hydrogen-bond acceptors (Lipinski definition) is 8. The zero-order chi connectivity index (χ0) is 24.9. The molecule has 12 heteroatoms. The van der Waals surface area contributed by atoms with Crippen LogP contribution >= 0.6 is 0 Å². The molecule has 1 spiro atoms. The maximum atomic E-state index is 12.8. The Hall–Kier alpha value is -3.28. The van der Waals surface area contributed by atoms with E-state index in [1.54, 1.807) is 10.6 Å². The number of nitrogens with zero attached hydrogens (tertiary/aromatic N) is 6. The lowest BCUT2D eigenvalue weighted by Crippen LogP contribution is -2.49. The number of anilines is 2. The summed E-state index contributed by atoms with van der Waals surface area (Å²) in [5.74, 6) is 1.39. The van der Waals surface area contributed by atoms with E-state index in [1.807, 2.05) is 7.05 Å². The SMILES string of the molecule is CN1CCOc2c1c(N1CCCC3(CCNCC3)C1)nn1c(-c3cccc(OC(F)(F)F)c3)nnc21. The third-order valence-electron chi connectivity index (χ3n) is 7.47. The van der Waals surface area contributed by atoms with E-state index in [2.05, 4.69) is 30.1 Å². The zero-order valence-electron chi connectivity index (χ0n) is 20.0. The summed E-state index contributed by atoms with van der Waals surface area (Å²) in [5, 5.41) is 17.1. The monoisotopic (exact) mass is 503 g/mol. The van der Waals surface area contributed by atoms with E-state index in [0.717, 1.165) is 63.5 Å². The smallest absolute Gasteiger partial charge is 0.486 e. The van der Waals surface area contributed by atoms with Crippen LogP contribution in [0, 0.1) is 5.41 Å². The predicted octanol–water partition coefficient (Wildman–Crippen LogP) is 3.49. The molecule has 192 valence electrons. The van der Waals surface area contributed by atoms with E-state index in [9.17, 15) is 13.2 Å². The number of halogens is 3. The van der Waals surface area contributed by atoms with Crippen molar-refractivity contribution in [2.45, 2.75) is 32.0 Å². The van der Waals surface area contributed by atoms with Gasteiger partial charge in [-0.25, -0.2) is 0 Å². The quantitative estimate of drug-likeness (QED) is 0.582. The molecule has 0 atom stereocenters. The van der Waals surface area contributed by atoms with Crippen LogP contribution in [0.15, 0.2) is 24.3 Å². The molecule has 1 aromatic carbocycles. The third-order valence-corrected chi connectivity index (χ3v) is 7.47. The van der Waals surface area contributed by atoms with Gasteiger partial charge in [0.2, 0.25) is 5.65 Å². The molecule has 0 saturated carbocycles. The van der Waals surface area contributed by atoms with Crippen molar-refractivity contribution in [2.24, 2.45) is 5.41 Å². The van der Waals surface area contributed by atoms with Crippen LogP contribution in [0.3, 0.4) is 0 Å². The molecular formula is C24H28F3N7O2. The number of alkyl halides is 3. The van der Waals surface area contributed by atoms with Gasteiger partial charge in [0.25, 0.3) is 0 Å². The van der Waals surface area contributed by atoms with E-state index in [4.69, 9.17) is 9.84 Å². The Kier molecular flexibility index (Phi) is 5.58. The number of hydrogen-bond donors (Lipinski definition) is 1. The van der Waals surface area contributed by atoms with Crippen LogP contribution in [0.4, 0.5) is 24.7 Å². The van der Waals surface area contributed by atoms with Crippen molar-refractivity contribution in [1.29, 1.82) is 0 Å². The van der Waals surface area contributed by atoms with Crippen molar-refractivity contribution in [3.63, 3.8) is 0 Å². The number of ether oxygens (including phenoxy) is 2. The van der Waals surface area contributed by atoms with Crippen LogP contribution in [0.2, 0.25) is 0 Å². The average molecular weight is 504 g/mol. The molecule has 6 rings (SSSR count). The van der Waals surface area contributed by atoms with Gasteiger partial charge >= 0.3 is 6.36 Å². The summed E-state index contributed by atoms with van der Waals surface area (Å²) < 4.78 is 50.2. The number of fused-ring (bicyclic) bond motifs is 3. The van der Waals surface area contributed by atoms with Gasteiger partial charge in [0.05, 0.1) is 6.54 Å². The van der Waals surface area contributed by atoms with E-state index >= 15 is 0 Å². The molecule has 0 aliphatic carbocycles. The minimum atomic E-state index is -4.78. The van der Waals surface area contributed by atoms with Gasteiger partial charge in [0, 0.05) is 25.7 Å². The van der Waals surface area contributed by atoms with E-state index in [0.29, 0.717) is 29.4 Å². The van der Waals surface area contributed by atoms with Crippen molar-refractivity contribution in [3.05, 3.63) is 24.3 Å². The highest BCUT2D eigenvalue weighted by Gasteiger charge is 2.39. The number of piperidine rings is 2. The second-order valence-electron chi connectivity index (χ2n) is 9.88. The van der Waals surface area contributed by atoms with Gasteiger partial charge in [0.1, 0.15) is 18.0 Å². The lowest BCUT2D eigenvalue weighted by atomic mass is 9.73. The molecule has 2 fully saturated rings. The molecule has 0 bridgehead atoms. The molecule has 0 radical (unpaired) electrons. The van der Waals surface area contributed by atoms with Crippen LogP contribution < -0.4 is 24.6 Å². The maximum Gasteiger partial charge on any atom is 0.573 e. The van der Waals surface area contributed by atoms with Crippen molar-refractivity contribution < 1.29 is 22.6 Å². The van der Waals surface area contributed by atoms with Gasteiger partial charge in [-0.3, -0.25) is 0 Å². The molecule has 3 aromatic rings. The fourth-order valence-electron chi connectivity index (χ4n) is 5.72. The minimum Gasteiger partial charge on any atom is -0.486 e. The largest absolute Gasteiger partial charge is 0.573 e. The van der Waals surface area contributed by atoms with Gasteiger partial charge in [-0.2, -0.15) is 4.52 Å². The summed E-state index contributed by atoms with van der Waals surface area (Å²) in [6.07, 6.45) is -0.252. The molecule has 36 heavy (non-hydrogen) atoms. The predicted molar refractivity (Wildman–Crippen MR) is 128 cm³/mol. The first-order chi connectivity index (χ1) is 17.3. The Morgan fingerprint density at radius 2 is 1.94 bits per heavy atom. The molecule has 3 aliphatic rings. The summed E-state index contributed by atoms with van der Waals surface area (Å²) in [5.41, 5.74) is 1.99. The fourth-order valence-corrected chi connectivity index (χ4v) is 5.72. The Balaban J connectivity index is 1.46. The third kappa shape index (κ3) is 4.16. The second-order valence-corrected chi connectivity index (χ2v) is 9.88. The highest BCUT2D eigenvalue weighted by molar-refractivity contribution is 5.82. The molecule has 2 saturated heterocycles. The lowest BCUT2D eigenvalue weighted by Gasteiger charge is -2.46. The van der Waals surface area contributed by atoms with Crippen molar-refractivity contribution in [2.75, 3.05) is 56.2 Å². The summed E-state index contributed by atoms with van der Waals surface area (Å²) >= 11 is 0. The minimum absolute atomic E-state index is 0.250. The van der Waals surface area contributed by atoms with E-state index in [1.165, 1.54) is 24.6 Å².